The van der Waals surface area contributed by atoms with Gasteiger partial charge in [0, 0.05) is 6.42 Å². The summed E-state index contributed by atoms with van der Waals surface area (Å²) in [7, 11) is 0. The molecule has 2 aliphatic rings. The van der Waals surface area contributed by atoms with Crippen molar-refractivity contribution < 1.29 is 4.79 Å². The Morgan fingerprint density at radius 2 is 1.60 bits per heavy atom. The average Bonchev–Trinajstić information content (AvgIpc) is 2.29. The van der Waals surface area contributed by atoms with E-state index < -0.39 is 0 Å². The van der Waals surface area contributed by atoms with Gasteiger partial charge >= 0.3 is 0 Å². The molecule has 2 saturated carbocycles. The number of hydrogen-bond donors (Lipinski definition) is 0. The van der Waals surface area contributed by atoms with Crippen LogP contribution in [0.15, 0.2) is 0 Å². The lowest BCUT2D eigenvalue weighted by molar-refractivity contribution is -0.109. The van der Waals surface area contributed by atoms with E-state index in [0.717, 1.165) is 36.4 Å². The molecule has 0 saturated heterocycles. The van der Waals surface area contributed by atoms with E-state index >= 15 is 0 Å². The summed E-state index contributed by atoms with van der Waals surface area (Å²) in [5.74, 6) is 3.70. The van der Waals surface area contributed by atoms with E-state index in [1.807, 2.05) is 0 Å². The highest BCUT2D eigenvalue weighted by Crippen LogP contribution is 2.45. The summed E-state index contributed by atoms with van der Waals surface area (Å²) >= 11 is 0. The third kappa shape index (κ3) is 2.62. The van der Waals surface area contributed by atoms with Gasteiger partial charge in [-0.05, 0) is 55.8 Å². The molecule has 0 amide bonds. The zero-order valence-corrected chi connectivity index (χ0v) is 9.95. The minimum absolute atomic E-state index is 0.724. The lowest BCUT2D eigenvalue weighted by Gasteiger charge is -2.41. The minimum Gasteiger partial charge on any atom is -0.303 e. The molecule has 15 heavy (non-hydrogen) atoms. The quantitative estimate of drug-likeness (QED) is 0.644. The summed E-state index contributed by atoms with van der Waals surface area (Å²) in [4.78, 5) is 10.5. The first-order chi connectivity index (χ1) is 7.33. The van der Waals surface area contributed by atoms with Gasteiger partial charge in [-0.25, -0.2) is 0 Å². The molecule has 1 heteroatoms. The summed E-state index contributed by atoms with van der Waals surface area (Å²) in [6.45, 7) is 2.34. The molecule has 0 aliphatic heterocycles. The highest BCUT2D eigenvalue weighted by molar-refractivity contribution is 5.49. The van der Waals surface area contributed by atoms with E-state index in [9.17, 15) is 4.79 Å². The first kappa shape index (κ1) is 11.2. The summed E-state index contributed by atoms with van der Waals surface area (Å²) in [5, 5.41) is 0. The standard InChI is InChI=1S/C14H24O/c1-2-11-3-5-14-10-12(7-8-15)4-6-13(14)9-11/h8,11-14H,2-7,9-10H2,1H3. The van der Waals surface area contributed by atoms with Crippen LogP contribution in [-0.4, -0.2) is 6.29 Å². The topological polar surface area (TPSA) is 17.1 Å². The van der Waals surface area contributed by atoms with Crippen molar-refractivity contribution in [3.05, 3.63) is 0 Å². The van der Waals surface area contributed by atoms with Crippen molar-refractivity contribution in [1.29, 1.82) is 0 Å². The first-order valence-corrected chi connectivity index (χ1v) is 6.77. The second kappa shape index (κ2) is 5.14. The number of carbonyl (C=O) groups excluding carboxylic acids is 1. The average molecular weight is 208 g/mol. The molecule has 4 atom stereocenters. The van der Waals surface area contributed by atoms with E-state index in [2.05, 4.69) is 6.92 Å². The summed E-state index contributed by atoms with van der Waals surface area (Å²) in [5.41, 5.74) is 0. The number of hydrogen-bond acceptors (Lipinski definition) is 1. The Bertz CT molecular complexity index is 211. The second-order valence-corrected chi connectivity index (χ2v) is 5.69. The van der Waals surface area contributed by atoms with E-state index in [1.165, 1.54) is 44.9 Å². The maximum atomic E-state index is 10.5. The van der Waals surface area contributed by atoms with Gasteiger partial charge in [-0.15, -0.1) is 0 Å². The number of rotatable bonds is 3. The van der Waals surface area contributed by atoms with E-state index in [4.69, 9.17) is 0 Å². The van der Waals surface area contributed by atoms with Crippen molar-refractivity contribution in [2.75, 3.05) is 0 Å². The smallest absolute Gasteiger partial charge is 0.120 e. The Balaban J connectivity index is 1.86. The number of carbonyl (C=O) groups is 1. The molecule has 0 spiro atoms. The van der Waals surface area contributed by atoms with Crippen LogP contribution in [0.1, 0.15) is 58.3 Å². The van der Waals surface area contributed by atoms with E-state index in [0.29, 0.717) is 0 Å². The van der Waals surface area contributed by atoms with Gasteiger partial charge in [0.05, 0.1) is 0 Å². The molecule has 0 aromatic heterocycles. The zero-order valence-electron chi connectivity index (χ0n) is 9.95. The van der Waals surface area contributed by atoms with Crippen LogP contribution in [0, 0.1) is 23.7 Å². The Morgan fingerprint density at radius 1 is 1.00 bits per heavy atom. The molecule has 2 fully saturated rings. The van der Waals surface area contributed by atoms with Crippen molar-refractivity contribution >= 4 is 6.29 Å². The fourth-order valence-corrected chi connectivity index (χ4v) is 3.80. The van der Waals surface area contributed by atoms with Crippen LogP contribution in [0.2, 0.25) is 0 Å². The molecule has 0 heterocycles. The van der Waals surface area contributed by atoms with Gasteiger partial charge < -0.3 is 4.79 Å². The third-order valence-corrected chi connectivity index (χ3v) is 4.84. The lowest BCUT2D eigenvalue weighted by Crippen LogP contribution is -2.31. The highest BCUT2D eigenvalue weighted by atomic mass is 16.1. The van der Waals surface area contributed by atoms with Crippen LogP contribution >= 0.6 is 0 Å². The molecule has 0 aromatic carbocycles. The Hall–Kier alpha value is -0.330. The normalized spacial score (nSPS) is 40.9. The van der Waals surface area contributed by atoms with Crippen LogP contribution in [0.25, 0.3) is 0 Å². The second-order valence-electron chi connectivity index (χ2n) is 5.69. The maximum Gasteiger partial charge on any atom is 0.120 e. The number of aldehydes is 1. The largest absolute Gasteiger partial charge is 0.303 e. The monoisotopic (exact) mass is 208 g/mol. The molecule has 0 N–H and O–H groups in total. The molecule has 0 radical (unpaired) electrons. The van der Waals surface area contributed by atoms with Gasteiger partial charge in [0.1, 0.15) is 6.29 Å². The SMILES string of the molecule is CCC1CCC2CC(CC=O)CCC2C1. The molecule has 86 valence electrons. The summed E-state index contributed by atoms with van der Waals surface area (Å²) < 4.78 is 0. The van der Waals surface area contributed by atoms with Gasteiger partial charge in [-0.1, -0.05) is 19.8 Å². The van der Waals surface area contributed by atoms with Crippen molar-refractivity contribution in [3.8, 4) is 0 Å². The molecular weight excluding hydrogens is 184 g/mol. The Labute approximate surface area is 93.6 Å². The van der Waals surface area contributed by atoms with E-state index in [-0.39, 0.29) is 0 Å². The number of fused-ring (bicyclic) bond motifs is 1. The fourth-order valence-electron chi connectivity index (χ4n) is 3.80. The minimum atomic E-state index is 0.724. The third-order valence-electron chi connectivity index (χ3n) is 4.84. The van der Waals surface area contributed by atoms with Crippen LogP contribution < -0.4 is 0 Å². The first-order valence-electron chi connectivity index (χ1n) is 6.77. The Kier molecular flexibility index (Phi) is 3.82. The fraction of sp³-hybridized carbons (Fsp3) is 0.929. The van der Waals surface area contributed by atoms with Gasteiger partial charge in [0.15, 0.2) is 0 Å². The van der Waals surface area contributed by atoms with Crippen molar-refractivity contribution in [2.24, 2.45) is 23.7 Å². The molecule has 0 bridgehead atoms. The van der Waals surface area contributed by atoms with Crippen LogP contribution in [0.3, 0.4) is 0 Å². The predicted molar refractivity (Wildman–Crippen MR) is 62.6 cm³/mol. The summed E-state index contributed by atoms with van der Waals surface area (Å²) in [6, 6.07) is 0. The maximum absolute atomic E-state index is 10.5. The van der Waals surface area contributed by atoms with Crippen molar-refractivity contribution in [2.45, 2.75) is 58.3 Å². The van der Waals surface area contributed by atoms with Crippen LogP contribution in [0.4, 0.5) is 0 Å². The molecule has 4 unspecified atom stereocenters. The zero-order chi connectivity index (χ0) is 10.7. The van der Waals surface area contributed by atoms with Crippen molar-refractivity contribution in [1.82, 2.24) is 0 Å². The van der Waals surface area contributed by atoms with Gasteiger partial charge in [0.2, 0.25) is 0 Å². The van der Waals surface area contributed by atoms with Gasteiger partial charge in [0.25, 0.3) is 0 Å². The van der Waals surface area contributed by atoms with E-state index in [1.54, 1.807) is 0 Å². The molecule has 1 nitrogen and oxygen atoms in total. The van der Waals surface area contributed by atoms with Crippen LogP contribution in [0.5, 0.6) is 0 Å². The molecule has 2 rings (SSSR count). The van der Waals surface area contributed by atoms with Crippen LogP contribution in [-0.2, 0) is 4.79 Å². The summed E-state index contributed by atoms with van der Waals surface area (Å²) in [6.07, 6.45) is 11.8. The van der Waals surface area contributed by atoms with Crippen molar-refractivity contribution in [3.63, 3.8) is 0 Å². The molecular formula is C14H24O. The van der Waals surface area contributed by atoms with Gasteiger partial charge in [-0.2, -0.15) is 0 Å². The molecule has 2 aliphatic carbocycles. The van der Waals surface area contributed by atoms with Gasteiger partial charge in [-0.3, -0.25) is 0 Å². The Morgan fingerprint density at radius 3 is 2.20 bits per heavy atom. The molecule has 0 aromatic rings. The predicted octanol–water partition coefficient (Wildman–Crippen LogP) is 3.82. The lowest BCUT2D eigenvalue weighted by atomic mass is 9.64. The highest BCUT2D eigenvalue weighted by Gasteiger charge is 2.34.